The van der Waals surface area contributed by atoms with E-state index in [1.165, 1.54) is 32.3 Å². The molecule has 0 fully saturated rings. The Hall–Kier alpha value is -2.37. The summed E-state index contributed by atoms with van der Waals surface area (Å²) < 4.78 is 0. The molecule has 0 bridgehead atoms. The molecule has 17 heavy (non-hydrogen) atoms. The van der Waals surface area contributed by atoms with E-state index in [-0.39, 0.29) is 11.8 Å². The van der Waals surface area contributed by atoms with Crippen molar-refractivity contribution in [2.45, 2.75) is 0 Å². The summed E-state index contributed by atoms with van der Waals surface area (Å²) in [6.45, 7) is 0. The second-order valence-corrected chi connectivity index (χ2v) is 3.22. The zero-order chi connectivity index (χ0) is 12.8. The van der Waals surface area contributed by atoms with E-state index in [9.17, 15) is 14.4 Å². The van der Waals surface area contributed by atoms with Crippen LogP contribution in [0.3, 0.4) is 0 Å². The van der Waals surface area contributed by atoms with Crippen molar-refractivity contribution < 1.29 is 14.4 Å². The summed E-state index contributed by atoms with van der Waals surface area (Å²) in [6.07, 6.45) is 0.483. The number of anilines is 1. The van der Waals surface area contributed by atoms with Gasteiger partial charge < -0.3 is 16.0 Å². The van der Waals surface area contributed by atoms with Gasteiger partial charge in [0.25, 0.3) is 11.8 Å². The maximum atomic E-state index is 11.5. The van der Waals surface area contributed by atoms with Crippen LogP contribution >= 0.6 is 0 Å². The van der Waals surface area contributed by atoms with Crippen LogP contribution in [0.2, 0.25) is 0 Å². The summed E-state index contributed by atoms with van der Waals surface area (Å²) in [5, 5.41) is 7.30. The maximum absolute atomic E-state index is 11.5. The maximum Gasteiger partial charge on any atom is 0.251 e. The normalized spacial score (nSPS) is 9.29. The predicted molar refractivity (Wildman–Crippen MR) is 62.9 cm³/mol. The summed E-state index contributed by atoms with van der Waals surface area (Å²) in [6, 6.07) is 4.42. The lowest BCUT2D eigenvalue weighted by Crippen LogP contribution is -2.21. The molecule has 0 aliphatic rings. The zero-order valence-electron chi connectivity index (χ0n) is 9.53. The Morgan fingerprint density at radius 3 is 1.82 bits per heavy atom. The van der Waals surface area contributed by atoms with Crippen molar-refractivity contribution in [1.82, 2.24) is 10.6 Å². The highest BCUT2D eigenvalue weighted by Gasteiger charge is 2.11. The minimum absolute atomic E-state index is 0.304. The Morgan fingerprint density at radius 1 is 1.00 bits per heavy atom. The van der Waals surface area contributed by atoms with E-state index >= 15 is 0 Å². The molecule has 1 aromatic rings. The Labute approximate surface area is 98.4 Å². The van der Waals surface area contributed by atoms with Gasteiger partial charge in [-0.3, -0.25) is 14.4 Å². The molecule has 6 heteroatoms. The Balaban J connectivity index is 3.22. The summed E-state index contributed by atoms with van der Waals surface area (Å²) in [7, 11) is 2.98. The van der Waals surface area contributed by atoms with Crippen LogP contribution in [0.5, 0.6) is 0 Å². The molecule has 90 valence electrons. The van der Waals surface area contributed by atoms with Crippen LogP contribution in [0.1, 0.15) is 20.7 Å². The number of hydrogen-bond donors (Lipinski definition) is 3. The van der Waals surface area contributed by atoms with Gasteiger partial charge in [0.15, 0.2) is 0 Å². The molecule has 0 heterocycles. The van der Waals surface area contributed by atoms with Gasteiger partial charge in [0.2, 0.25) is 6.41 Å². The SMILES string of the molecule is CNC(=O)c1cc(NC=O)cc(C(=O)NC)c1. The van der Waals surface area contributed by atoms with Crippen LogP contribution < -0.4 is 16.0 Å². The summed E-state index contributed by atoms with van der Waals surface area (Å²) >= 11 is 0. The first-order chi connectivity index (χ1) is 8.12. The van der Waals surface area contributed by atoms with Crippen molar-refractivity contribution in [2.75, 3.05) is 19.4 Å². The molecule has 1 rings (SSSR count). The molecule has 0 radical (unpaired) electrons. The van der Waals surface area contributed by atoms with E-state index in [0.717, 1.165) is 0 Å². The molecule has 0 aliphatic carbocycles. The van der Waals surface area contributed by atoms with E-state index in [0.29, 0.717) is 23.2 Å². The van der Waals surface area contributed by atoms with Crippen LogP contribution in [0, 0.1) is 0 Å². The number of carbonyl (C=O) groups is 3. The lowest BCUT2D eigenvalue weighted by Gasteiger charge is -2.07. The van der Waals surface area contributed by atoms with E-state index in [4.69, 9.17) is 0 Å². The van der Waals surface area contributed by atoms with Crippen molar-refractivity contribution in [2.24, 2.45) is 0 Å². The smallest absolute Gasteiger partial charge is 0.251 e. The molecule has 0 unspecified atom stereocenters. The largest absolute Gasteiger partial charge is 0.355 e. The minimum atomic E-state index is -0.329. The molecule has 0 atom stereocenters. The fourth-order valence-electron chi connectivity index (χ4n) is 1.33. The molecule has 1 aromatic carbocycles. The van der Waals surface area contributed by atoms with Crippen molar-refractivity contribution in [3.63, 3.8) is 0 Å². The van der Waals surface area contributed by atoms with E-state index in [1.807, 2.05) is 0 Å². The van der Waals surface area contributed by atoms with E-state index < -0.39 is 0 Å². The van der Waals surface area contributed by atoms with Gasteiger partial charge in [-0.25, -0.2) is 0 Å². The predicted octanol–water partition coefficient (Wildman–Crippen LogP) is -0.0259. The molecular weight excluding hydrogens is 222 g/mol. The second-order valence-electron chi connectivity index (χ2n) is 3.22. The third kappa shape index (κ3) is 3.04. The number of benzene rings is 1. The average Bonchev–Trinajstić information content (AvgIpc) is 2.36. The molecule has 0 aliphatic heterocycles. The number of carbonyl (C=O) groups excluding carboxylic acids is 3. The van der Waals surface area contributed by atoms with Gasteiger partial charge in [-0.05, 0) is 18.2 Å². The molecule has 0 saturated carbocycles. The third-order valence-corrected chi connectivity index (χ3v) is 2.14. The van der Waals surface area contributed by atoms with Crippen LogP contribution in [0.15, 0.2) is 18.2 Å². The molecule has 0 spiro atoms. The third-order valence-electron chi connectivity index (χ3n) is 2.14. The lowest BCUT2D eigenvalue weighted by molar-refractivity contribution is -0.105. The van der Waals surface area contributed by atoms with Gasteiger partial charge in [0.1, 0.15) is 0 Å². The van der Waals surface area contributed by atoms with Crippen molar-refractivity contribution in [1.29, 1.82) is 0 Å². The number of hydrogen-bond acceptors (Lipinski definition) is 3. The molecular formula is C11H13N3O3. The van der Waals surface area contributed by atoms with E-state index in [1.54, 1.807) is 0 Å². The second kappa shape index (κ2) is 5.64. The molecule has 0 aromatic heterocycles. The zero-order valence-corrected chi connectivity index (χ0v) is 9.53. The van der Waals surface area contributed by atoms with Gasteiger partial charge in [-0.15, -0.1) is 0 Å². The molecule has 3 amide bonds. The highest BCUT2D eigenvalue weighted by Crippen LogP contribution is 2.14. The van der Waals surface area contributed by atoms with Gasteiger partial charge in [0, 0.05) is 30.9 Å². The summed E-state index contributed by atoms with van der Waals surface area (Å²) in [5.41, 5.74) is 0.996. The molecule has 6 nitrogen and oxygen atoms in total. The number of rotatable bonds is 4. The minimum Gasteiger partial charge on any atom is -0.355 e. The summed E-state index contributed by atoms with van der Waals surface area (Å²) in [4.78, 5) is 33.3. The monoisotopic (exact) mass is 235 g/mol. The number of amides is 3. The Kier molecular flexibility index (Phi) is 4.21. The van der Waals surface area contributed by atoms with Crippen molar-refractivity contribution in [3.8, 4) is 0 Å². The highest BCUT2D eigenvalue weighted by molar-refractivity contribution is 6.01. The Bertz CT molecular complexity index is 423. The summed E-state index contributed by atoms with van der Waals surface area (Å²) in [5.74, 6) is -0.658. The van der Waals surface area contributed by atoms with Crippen molar-refractivity contribution in [3.05, 3.63) is 29.3 Å². The van der Waals surface area contributed by atoms with Gasteiger partial charge >= 0.3 is 0 Å². The van der Waals surface area contributed by atoms with Gasteiger partial charge in [0.05, 0.1) is 0 Å². The highest BCUT2D eigenvalue weighted by atomic mass is 16.2. The number of nitrogens with one attached hydrogen (secondary N) is 3. The van der Waals surface area contributed by atoms with Crippen LogP contribution in [-0.2, 0) is 4.79 Å². The fraction of sp³-hybridized carbons (Fsp3) is 0.182. The van der Waals surface area contributed by atoms with E-state index in [2.05, 4.69) is 16.0 Å². The average molecular weight is 235 g/mol. The quantitative estimate of drug-likeness (QED) is 0.641. The molecule has 0 saturated heterocycles. The lowest BCUT2D eigenvalue weighted by atomic mass is 10.1. The fourth-order valence-corrected chi connectivity index (χ4v) is 1.33. The van der Waals surface area contributed by atoms with Crippen LogP contribution in [-0.4, -0.2) is 32.3 Å². The molecule has 3 N–H and O–H groups in total. The first-order valence-corrected chi connectivity index (χ1v) is 4.91. The first kappa shape index (κ1) is 12.7. The first-order valence-electron chi connectivity index (χ1n) is 4.91. The van der Waals surface area contributed by atoms with Crippen LogP contribution in [0.25, 0.3) is 0 Å². The van der Waals surface area contributed by atoms with Crippen molar-refractivity contribution >= 4 is 23.9 Å². The topological polar surface area (TPSA) is 87.3 Å². The van der Waals surface area contributed by atoms with Crippen LogP contribution in [0.4, 0.5) is 5.69 Å². The van der Waals surface area contributed by atoms with Gasteiger partial charge in [-0.1, -0.05) is 0 Å². The standard InChI is InChI=1S/C11H13N3O3/c1-12-10(16)7-3-8(11(17)13-2)5-9(4-7)14-6-15/h3-6H,1-2H3,(H,12,16)(H,13,17)(H,14,15). The Morgan fingerprint density at radius 2 is 1.47 bits per heavy atom. The van der Waals surface area contributed by atoms with Gasteiger partial charge in [-0.2, -0.15) is 0 Å².